The second-order valence-electron chi connectivity index (χ2n) is 10.6. The Bertz CT molecular complexity index is 1070. The first-order valence-corrected chi connectivity index (χ1v) is 14.4. The van der Waals surface area contributed by atoms with Crippen molar-refractivity contribution in [3.63, 3.8) is 0 Å². The van der Waals surface area contributed by atoms with Crippen molar-refractivity contribution in [3.8, 4) is 0 Å². The summed E-state index contributed by atoms with van der Waals surface area (Å²) in [4.78, 5) is 90.2. The summed E-state index contributed by atoms with van der Waals surface area (Å²) in [5.41, 5.74) is 0. The average Bonchev–Trinajstić information content (AvgIpc) is 3.51. The third-order valence-corrected chi connectivity index (χ3v) is 8.91. The minimum Gasteiger partial charge on any atom is -0.480 e. The molecule has 0 aliphatic carbocycles. The molecule has 0 saturated carbocycles. The average molecular weight is 583 g/mol. The minimum absolute atomic E-state index is 0.129. The maximum atomic E-state index is 13.5. The number of rotatable bonds is 9. The lowest BCUT2D eigenvalue weighted by Gasteiger charge is -2.35. The highest BCUT2D eigenvalue weighted by Crippen LogP contribution is 2.38. The first-order valence-electron chi connectivity index (χ1n) is 13.4. The van der Waals surface area contributed by atoms with E-state index in [4.69, 9.17) is 5.11 Å². The molecule has 0 unspecified atom stereocenters. The van der Waals surface area contributed by atoms with E-state index in [1.54, 1.807) is 21.6 Å². The fraction of sp³-hybridized carbons (Fsp3) is 0.720. The molecule has 2 bridgehead atoms. The number of nitrogens with one attached hydrogen (secondary N) is 4. The second kappa shape index (κ2) is 12.9. The first-order chi connectivity index (χ1) is 18.7. The highest BCUT2D eigenvalue weighted by Gasteiger charge is 2.49. The lowest BCUT2D eigenvalue weighted by molar-refractivity contribution is -0.147. The molecular formula is C25H38N6O8S. The maximum Gasteiger partial charge on any atom is 0.325 e. The molecule has 3 aliphatic heterocycles. The number of carboxylic acids is 1. The van der Waals surface area contributed by atoms with Gasteiger partial charge in [0.2, 0.25) is 35.4 Å². The third-order valence-electron chi connectivity index (χ3n) is 7.52. The van der Waals surface area contributed by atoms with Gasteiger partial charge in [0.1, 0.15) is 36.3 Å². The van der Waals surface area contributed by atoms with Gasteiger partial charge >= 0.3 is 5.97 Å². The van der Waals surface area contributed by atoms with Gasteiger partial charge in [0.05, 0.1) is 0 Å². The standard InChI is InChI=1S/C25H38N6O8S/c1-11(20(33)27-12(2)22(35)29-14(4)25(38)39)26-21(34)13(3)28-23(36)18-7-6-16-10-40-17-8-19(24(37)31(16)18)30(9-17)15(5)32/h11-14,16-19H,6-10H2,1-5H3,(H,26,34)(H,27,33)(H,28,36)(H,29,35)(H,38,39)/t11-,12-,13-,14-,16-,17-,18-,19-/m0/s1. The van der Waals surface area contributed by atoms with Crippen molar-refractivity contribution in [1.82, 2.24) is 31.1 Å². The van der Waals surface area contributed by atoms with Crippen LogP contribution in [0.3, 0.4) is 0 Å². The lowest BCUT2D eigenvalue weighted by atomic mass is 10.1. The van der Waals surface area contributed by atoms with Crippen LogP contribution in [0.1, 0.15) is 53.9 Å². The van der Waals surface area contributed by atoms with Crippen LogP contribution in [0.15, 0.2) is 0 Å². The molecule has 0 aromatic rings. The smallest absolute Gasteiger partial charge is 0.325 e. The predicted molar refractivity (Wildman–Crippen MR) is 144 cm³/mol. The van der Waals surface area contributed by atoms with Gasteiger partial charge in [-0.05, 0) is 47.0 Å². The molecule has 3 rings (SSSR count). The van der Waals surface area contributed by atoms with Crippen LogP contribution in [0.4, 0.5) is 0 Å². The predicted octanol–water partition coefficient (Wildman–Crippen LogP) is -1.81. The quantitative estimate of drug-likeness (QED) is 0.208. The van der Waals surface area contributed by atoms with Crippen molar-refractivity contribution in [3.05, 3.63) is 0 Å². The molecule has 8 atom stereocenters. The fourth-order valence-corrected chi connectivity index (χ4v) is 6.55. The Balaban J connectivity index is 1.55. The molecule has 0 aromatic carbocycles. The van der Waals surface area contributed by atoms with Crippen LogP contribution < -0.4 is 21.3 Å². The Morgan fingerprint density at radius 2 is 1.38 bits per heavy atom. The monoisotopic (exact) mass is 582 g/mol. The summed E-state index contributed by atoms with van der Waals surface area (Å²) < 4.78 is 0. The van der Waals surface area contributed by atoms with Gasteiger partial charge in [0, 0.05) is 30.5 Å². The van der Waals surface area contributed by atoms with Crippen LogP contribution in [-0.4, -0.2) is 116 Å². The molecule has 5 N–H and O–H groups in total. The number of nitrogens with zero attached hydrogens (tertiary/aromatic N) is 2. The van der Waals surface area contributed by atoms with Gasteiger partial charge in [-0.2, -0.15) is 11.8 Å². The summed E-state index contributed by atoms with van der Waals surface area (Å²) in [6.07, 6.45) is 1.64. The Morgan fingerprint density at radius 3 is 1.90 bits per heavy atom. The van der Waals surface area contributed by atoms with Crippen LogP contribution in [0, 0.1) is 0 Å². The van der Waals surface area contributed by atoms with E-state index in [0.717, 1.165) is 0 Å². The van der Waals surface area contributed by atoms with Crippen LogP contribution >= 0.6 is 11.8 Å². The van der Waals surface area contributed by atoms with Crippen molar-refractivity contribution < 1.29 is 38.7 Å². The normalized spacial score (nSPS) is 26.8. The lowest BCUT2D eigenvalue weighted by Crippen LogP contribution is -2.58. The number of carbonyl (C=O) groups is 7. The van der Waals surface area contributed by atoms with Crippen molar-refractivity contribution >= 4 is 53.2 Å². The van der Waals surface area contributed by atoms with E-state index < -0.39 is 65.8 Å². The Morgan fingerprint density at radius 1 is 0.850 bits per heavy atom. The summed E-state index contributed by atoms with van der Waals surface area (Å²) >= 11 is 1.72. The third kappa shape index (κ3) is 7.04. The Hall–Kier alpha value is -3.36. The molecule has 0 radical (unpaired) electrons. The largest absolute Gasteiger partial charge is 0.480 e. The van der Waals surface area contributed by atoms with Gasteiger partial charge in [-0.1, -0.05) is 0 Å². The topological polar surface area (TPSA) is 194 Å². The van der Waals surface area contributed by atoms with Crippen molar-refractivity contribution in [2.45, 2.75) is 101 Å². The van der Waals surface area contributed by atoms with Gasteiger partial charge in [-0.15, -0.1) is 0 Å². The number of amides is 6. The number of carboxylic acid groups (broad SMARTS) is 1. The van der Waals surface area contributed by atoms with Gasteiger partial charge in [-0.3, -0.25) is 33.6 Å². The molecule has 15 heteroatoms. The summed E-state index contributed by atoms with van der Waals surface area (Å²) in [5.74, 6) is -3.46. The first kappa shape index (κ1) is 31.2. The van der Waals surface area contributed by atoms with Gasteiger partial charge in [0.15, 0.2) is 0 Å². The molecule has 3 aliphatic rings. The SMILES string of the molecule is CC(=O)N1C[C@@H]2C[C@H]1C(=O)N1[C@@H](CC[C@H]1C(=O)N[C@@H](C)C(=O)N[C@@H](C)C(=O)N[C@@H](C)C(=O)N[C@@H](C)C(=O)O)CS2. The summed E-state index contributed by atoms with van der Waals surface area (Å²) in [7, 11) is 0. The molecule has 222 valence electrons. The molecule has 3 fully saturated rings. The number of fused-ring (bicyclic) bond motifs is 3. The summed E-state index contributed by atoms with van der Waals surface area (Å²) in [6.45, 7) is 7.47. The van der Waals surface area contributed by atoms with Crippen LogP contribution in [-0.2, 0) is 33.6 Å². The maximum absolute atomic E-state index is 13.5. The molecule has 14 nitrogen and oxygen atoms in total. The van der Waals surface area contributed by atoms with E-state index in [1.165, 1.54) is 34.6 Å². The van der Waals surface area contributed by atoms with Gasteiger partial charge < -0.3 is 36.2 Å². The zero-order valence-electron chi connectivity index (χ0n) is 23.3. The molecule has 0 aromatic heterocycles. The van der Waals surface area contributed by atoms with Crippen molar-refractivity contribution in [2.24, 2.45) is 0 Å². The van der Waals surface area contributed by atoms with Crippen LogP contribution in [0.5, 0.6) is 0 Å². The van der Waals surface area contributed by atoms with Gasteiger partial charge in [-0.25, -0.2) is 0 Å². The molecular weight excluding hydrogens is 544 g/mol. The van der Waals surface area contributed by atoms with E-state index >= 15 is 0 Å². The minimum atomic E-state index is -1.23. The summed E-state index contributed by atoms with van der Waals surface area (Å²) in [6, 6.07) is -5.77. The van der Waals surface area contributed by atoms with E-state index in [-0.39, 0.29) is 23.1 Å². The summed E-state index contributed by atoms with van der Waals surface area (Å²) in [5, 5.41) is 18.9. The molecule has 3 heterocycles. The number of thioether (sulfide) groups is 1. The molecule has 6 amide bonds. The Kier molecular flexibility index (Phi) is 10.0. The van der Waals surface area contributed by atoms with Crippen LogP contribution in [0.2, 0.25) is 0 Å². The number of carbonyl (C=O) groups excluding carboxylic acids is 6. The van der Waals surface area contributed by atoms with Crippen molar-refractivity contribution in [1.29, 1.82) is 0 Å². The van der Waals surface area contributed by atoms with E-state index in [0.29, 0.717) is 31.6 Å². The molecule has 40 heavy (non-hydrogen) atoms. The fourth-order valence-electron chi connectivity index (χ4n) is 5.14. The Labute approximate surface area is 236 Å². The zero-order valence-corrected chi connectivity index (χ0v) is 24.1. The highest BCUT2D eigenvalue weighted by atomic mass is 32.2. The zero-order chi connectivity index (χ0) is 29.9. The highest BCUT2D eigenvalue weighted by molar-refractivity contribution is 8.00. The molecule has 3 saturated heterocycles. The number of likely N-dealkylation sites (tertiary alicyclic amines) is 1. The van der Waals surface area contributed by atoms with E-state index in [9.17, 15) is 33.6 Å². The second-order valence-corrected chi connectivity index (χ2v) is 12.0. The molecule has 0 spiro atoms. The van der Waals surface area contributed by atoms with Crippen molar-refractivity contribution in [2.75, 3.05) is 12.3 Å². The van der Waals surface area contributed by atoms with Crippen LogP contribution in [0.25, 0.3) is 0 Å². The number of aliphatic carboxylic acids is 1. The van der Waals surface area contributed by atoms with E-state index in [1.807, 2.05) is 0 Å². The van der Waals surface area contributed by atoms with Gasteiger partial charge in [0.25, 0.3) is 0 Å². The number of hydrogen-bond donors (Lipinski definition) is 5. The number of hydrogen-bond acceptors (Lipinski definition) is 8. The van der Waals surface area contributed by atoms with E-state index in [2.05, 4.69) is 21.3 Å².